The van der Waals surface area contributed by atoms with Crippen LogP contribution in [0.1, 0.15) is 32.3 Å². The van der Waals surface area contributed by atoms with E-state index in [2.05, 4.69) is 0 Å². The predicted octanol–water partition coefficient (Wildman–Crippen LogP) is 3.42. The van der Waals surface area contributed by atoms with Crippen molar-refractivity contribution in [3.05, 3.63) is 29.8 Å². The molecule has 2 N–H and O–H groups in total. The van der Waals surface area contributed by atoms with Crippen LogP contribution in [0.3, 0.4) is 0 Å². The monoisotopic (exact) mass is 357 g/mol. The van der Waals surface area contributed by atoms with Crippen molar-refractivity contribution < 1.29 is 21.6 Å². The van der Waals surface area contributed by atoms with Crippen LogP contribution in [0, 0.1) is 5.92 Å². The topological polar surface area (TPSA) is 60.2 Å². The van der Waals surface area contributed by atoms with Crippen molar-refractivity contribution in [3.8, 4) is 0 Å². The average molecular weight is 358 g/mol. The molecule has 0 unspecified atom stereocenters. The lowest BCUT2D eigenvalue weighted by atomic mass is 9.73. The van der Waals surface area contributed by atoms with Crippen LogP contribution >= 0.6 is 12.4 Å². The fraction of sp³-hybridized carbons (Fsp3) is 0.571. The maximum Gasteiger partial charge on any atom is 0.416 e. The number of sulfone groups is 1. The second kappa shape index (κ2) is 6.02. The van der Waals surface area contributed by atoms with E-state index in [1.165, 1.54) is 6.07 Å². The van der Waals surface area contributed by atoms with Crippen molar-refractivity contribution in [2.75, 3.05) is 0 Å². The molecule has 1 aliphatic carbocycles. The first-order chi connectivity index (χ1) is 9.46. The molecule has 0 atom stereocenters. The Kier molecular flexibility index (Phi) is 5.27. The van der Waals surface area contributed by atoms with Crippen LogP contribution in [0.15, 0.2) is 29.2 Å². The first kappa shape index (κ1) is 19.3. The molecule has 1 fully saturated rings. The fourth-order valence-electron chi connectivity index (χ4n) is 2.59. The molecule has 126 valence electrons. The van der Waals surface area contributed by atoms with E-state index in [1.807, 2.05) is 0 Å². The van der Waals surface area contributed by atoms with Gasteiger partial charge in [-0.15, -0.1) is 12.4 Å². The number of nitrogens with two attached hydrogens (primary N) is 1. The molecule has 0 bridgehead atoms. The van der Waals surface area contributed by atoms with Crippen molar-refractivity contribution in [2.24, 2.45) is 11.7 Å². The van der Waals surface area contributed by atoms with Gasteiger partial charge in [0.2, 0.25) is 0 Å². The molecule has 2 rings (SSSR count). The number of benzene rings is 1. The van der Waals surface area contributed by atoms with E-state index >= 15 is 0 Å². The van der Waals surface area contributed by atoms with Gasteiger partial charge in [-0.25, -0.2) is 8.42 Å². The highest BCUT2D eigenvalue weighted by Gasteiger charge is 2.48. The zero-order chi connectivity index (χ0) is 16.1. The van der Waals surface area contributed by atoms with E-state index < -0.39 is 26.3 Å². The molecule has 1 aromatic rings. The van der Waals surface area contributed by atoms with Crippen LogP contribution < -0.4 is 5.73 Å². The highest BCUT2D eigenvalue weighted by molar-refractivity contribution is 7.92. The largest absolute Gasteiger partial charge is 0.416 e. The number of alkyl halides is 3. The highest BCUT2D eigenvalue weighted by atomic mass is 35.5. The fourth-order valence-corrected chi connectivity index (χ4v) is 4.37. The second-order valence-corrected chi connectivity index (χ2v) is 8.59. The van der Waals surface area contributed by atoms with Crippen LogP contribution in [-0.4, -0.2) is 19.2 Å². The molecule has 22 heavy (non-hydrogen) atoms. The van der Waals surface area contributed by atoms with Crippen LogP contribution in [0.5, 0.6) is 0 Å². The van der Waals surface area contributed by atoms with Gasteiger partial charge in [0.15, 0.2) is 9.84 Å². The Morgan fingerprint density at radius 3 is 2.18 bits per heavy atom. The van der Waals surface area contributed by atoms with Crippen molar-refractivity contribution in [1.82, 2.24) is 0 Å². The molecule has 8 heteroatoms. The molecular weight excluding hydrogens is 339 g/mol. The average Bonchev–Trinajstić information content (AvgIpc) is 2.34. The minimum absolute atomic E-state index is 0. The molecule has 1 aliphatic rings. The summed E-state index contributed by atoms with van der Waals surface area (Å²) in [6.07, 6.45) is -3.41. The summed E-state index contributed by atoms with van der Waals surface area (Å²) in [5, 5.41) is 0. The van der Waals surface area contributed by atoms with Gasteiger partial charge in [-0.3, -0.25) is 0 Å². The van der Waals surface area contributed by atoms with Crippen LogP contribution in [0.4, 0.5) is 13.2 Å². The van der Waals surface area contributed by atoms with E-state index in [-0.39, 0.29) is 29.3 Å². The van der Waals surface area contributed by atoms with Gasteiger partial charge in [0.25, 0.3) is 0 Å². The standard InChI is InChI=1S/C14H18F3NO2S.ClH/c1-13(2,10-6-11(18)7-10)21(19,20)12-5-3-4-9(8-12)14(15,16)17;/h3-5,8,10-11H,6-7,18H2,1-2H3;1H/t10-,11+;. The Morgan fingerprint density at radius 1 is 1.18 bits per heavy atom. The zero-order valence-corrected chi connectivity index (χ0v) is 13.9. The summed E-state index contributed by atoms with van der Waals surface area (Å²) in [5.74, 6) is -0.132. The maximum atomic E-state index is 12.7. The summed E-state index contributed by atoms with van der Waals surface area (Å²) in [6, 6.07) is 3.88. The molecule has 1 aromatic carbocycles. The predicted molar refractivity (Wildman–Crippen MR) is 80.7 cm³/mol. The lowest BCUT2D eigenvalue weighted by Gasteiger charge is -2.43. The van der Waals surface area contributed by atoms with Gasteiger partial charge in [0, 0.05) is 6.04 Å². The third-order valence-electron chi connectivity index (χ3n) is 4.32. The molecule has 3 nitrogen and oxygen atoms in total. The lowest BCUT2D eigenvalue weighted by molar-refractivity contribution is -0.137. The van der Waals surface area contributed by atoms with Gasteiger partial charge in [0.05, 0.1) is 15.2 Å². The van der Waals surface area contributed by atoms with E-state index in [4.69, 9.17) is 5.73 Å². The van der Waals surface area contributed by atoms with Crippen molar-refractivity contribution in [3.63, 3.8) is 0 Å². The summed E-state index contributed by atoms with van der Waals surface area (Å²) in [7, 11) is -3.86. The lowest BCUT2D eigenvalue weighted by Crippen LogP contribution is -2.50. The van der Waals surface area contributed by atoms with Crippen LogP contribution in [0.25, 0.3) is 0 Å². The van der Waals surface area contributed by atoms with E-state index in [0.717, 1.165) is 12.1 Å². The summed E-state index contributed by atoms with van der Waals surface area (Å²) >= 11 is 0. The van der Waals surface area contributed by atoms with Crippen molar-refractivity contribution in [2.45, 2.75) is 48.5 Å². The van der Waals surface area contributed by atoms with Gasteiger partial charge in [-0.05, 0) is 50.8 Å². The Balaban J connectivity index is 0.00000242. The SMILES string of the molecule is CC(C)([C@H]1C[C@@H](N)C1)S(=O)(=O)c1cccc(C(F)(F)F)c1.Cl. The Bertz CT molecular complexity index is 638. The summed E-state index contributed by atoms with van der Waals surface area (Å²) < 4.78 is 62.4. The van der Waals surface area contributed by atoms with Gasteiger partial charge < -0.3 is 5.73 Å². The van der Waals surface area contributed by atoms with Crippen LogP contribution in [-0.2, 0) is 16.0 Å². The van der Waals surface area contributed by atoms with Gasteiger partial charge in [-0.1, -0.05) is 6.07 Å². The summed E-state index contributed by atoms with van der Waals surface area (Å²) in [6.45, 7) is 3.11. The molecule has 0 aliphatic heterocycles. The van der Waals surface area contributed by atoms with E-state index in [9.17, 15) is 21.6 Å². The molecular formula is C14H19ClF3NO2S. The van der Waals surface area contributed by atoms with Gasteiger partial charge in [-0.2, -0.15) is 13.2 Å². The highest BCUT2D eigenvalue weighted by Crippen LogP contribution is 2.43. The third kappa shape index (κ3) is 3.26. The normalized spacial score (nSPS) is 22.6. The van der Waals surface area contributed by atoms with E-state index in [1.54, 1.807) is 13.8 Å². The minimum atomic E-state index is -4.56. The summed E-state index contributed by atoms with van der Waals surface area (Å²) in [5.41, 5.74) is 4.73. The minimum Gasteiger partial charge on any atom is -0.328 e. The molecule has 0 aromatic heterocycles. The number of rotatable bonds is 3. The second-order valence-electron chi connectivity index (χ2n) is 6.06. The van der Waals surface area contributed by atoms with Crippen LogP contribution in [0.2, 0.25) is 0 Å². The first-order valence-corrected chi connectivity index (χ1v) is 8.12. The Morgan fingerprint density at radius 2 is 1.73 bits per heavy atom. The van der Waals surface area contributed by atoms with Gasteiger partial charge >= 0.3 is 6.18 Å². The number of hydrogen-bond acceptors (Lipinski definition) is 3. The van der Waals surface area contributed by atoms with Crippen molar-refractivity contribution >= 4 is 22.2 Å². The van der Waals surface area contributed by atoms with E-state index in [0.29, 0.717) is 18.9 Å². The number of hydrogen-bond donors (Lipinski definition) is 1. The summed E-state index contributed by atoms with van der Waals surface area (Å²) in [4.78, 5) is -0.289. The first-order valence-electron chi connectivity index (χ1n) is 6.63. The molecule has 0 heterocycles. The zero-order valence-electron chi connectivity index (χ0n) is 12.2. The smallest absolute Gasteiger partial charge is 0.328 e. The maximum absolute atomic E-state index is 12.7. The molecule has 0 radical (unpaired) electrons. The molecule has 1 saturated carbocycles. The third-order valence-corrected chi connectivity index (χ3v) is 6.92. The Hall–Kier alpha value is -0.790. The Labute approximate surface area is 134 Å². The van der Waals surface area contributed by atoms with Crippen molar-refractivity contribution in [1.29, 1.82) is 0 Å². The quantitative estimate of drug-likeness (QED) is 0.901. The van der Waals surface area contributed by atoms with Gasteiger partial charge in [0.1, 0.15) is 0 Å². The molecule has 0 spiro atoms. The number of halogens is 4. The molecule has 0 amide bonds. The molecule has 0 saturated heterocycles.